The van der Waals surface area contributed by atoms with Crippen LogP contribution in [-0.2, 0) is 32.6 Å². The largest absolute Gasteiger partial charge is 0.495 e. The zero-order chi connectivity index (χ0) is 35.2. The second-order valence-electron chi connectivity index (χ2n) is 12.3. The maximum Gasteiger partial charge on any atom is 0.264 e. The van der Waals surface area contributed by atoms with Crippen LogP contribution in [0.15, 0.2) is 95.9 Å². The van der Waals surface area contributed by atoms with Crippen molar-refractivity contribution in [2.75, 3.05) is 18.0 Å². The normalized spacial score (nSPS) is 12.2. The van der Waals surface area contributed by atoms with Crippen molar-refractivity contribution in [3.05, 3.63) is 123 Å². The molecule has 8 nitrogen and oxygen atoms in total. The molecule has 4 aromatic rings. The molecule has 12 heteroatoms. The Morgan fingerprint density at radius 3 is 2.10 bits per heavy atom. The van der Waals surface area contributed by atoms with E-state index in [1.165, 1.54) is 36.3 Å². The summed E-state index contributed by atoms with van der Waals surface area (Å²) < 4.78 is 35.2. The van der Waals surface area contributed by atoms with E-state index in [4.69, 9.17) is 39.5 Å². The monoisotopic (exact) mass is 729 g/mol. The van der Waals surface area contributed by atoms with Crippen LogP contribution in [0.1, 0.15) is 37.5 Å². The second-order valence-corrected chi connectivity index (χ2v) is 15.5. The van der Waals surface area contributed by atoms with Crippen molar-refractivity contribution in [2.45, 2.75) is 57.1 Å². The average molecular weight is 731 g/mol. The fourth-order valence-electron chi connectivity index (χ4n) is 5.05. The number of nitrogens with one attached hydrogen (secondary N) is 1. The number of amides is 2. The van der Waals surface area contributed by atoms with Gasteiger partial charge < -0.3 is 15.0 Å². The maximum absolute atomic E-state index is 14.7. The lowest BCUT2D eigenvalue weighted by Gasteiger charge is -2.35. The molecule has 0 radical (unpaired) electrons. The Morgan fingerprint density at radius 2 is 1.50 bits per heavy atom. The van der Waals surface area contributed by atoms with E-state index in [0.29, 0.717) is 10.6 Å². The van der Waals surface area contributed by atoms with Gasteiger partial charge in [-0.15, -0.1) is 0 Å². The van der Waals surface area contributed by atoms with Gasteiger partial charge in [-0.2, -0.15) is 0 Å². The fourth-order valence-corrected chi connectivity index (χ4v) is 7.10. The van der Waals surface area contributed by atoms with E-state index in [1.807, 2.05) is 58.0 Å². The number of benzene rings is 4. The van der Waals surface area contributed by atoms with E-state index >= 15 is 0 Å². The van der Waals surface area contributed by atoms with Crippen LogP contribution < -0.4 is 14.4 Å². The lowest BCUT2D eigenvalue weighted by atomic mass is 10.0. The predicted octanol–water partition coefficient (Wildman–Crippen LogP) is 7.71. The van der Waals surface area contributed by atoms with Gasteiger partial charge in [-0.25, -0.2) is 8.42 Å². The average Bonchev–Trinajstić information content (AvgIpc) is 3.02. The van der Waals surface area contributed by atoms with E-state index in [2.05, 4.69) is 5.32 Å². The molecule has 0 bridgehead atoms. The van der Waals surface area contributed by atoms with Gasteiger partial charge in [0, 0.05) is 33.6 Å². The number of carbonyl (C=O) groups is 2. The number of rotatable bonds is 12. The Labute approximate surface area is 297 Å². The molecule has 4 aromatic carbocycles. The molecule has 1 atom stereocenters. The summed E-state index contributed by atoms with van der Waals surface area (Å²) in [7, 11) is -2.97. The standard InChI is InChI=1S/C36H38Cl3N3O5S/c1-24-11-16-29(17-12-24)48(45,46)42(31-21-28(38)15-18-33(31)47-5)23-34(43)41(22-26-13-14-27(37)20-30(26)39)32(35(44)40-36(2,3)4)19-25-9-7-6-8-10-25/h6-18,20-21,32H,19,22-23H2,1-5H3,(H,40,44)/t32-/m0/s1. The van der Waals surface area contributed by atoms with Gasteiger partial charge in [0.1, 0.15) is 18.3 Å². The minimum atomic E-state index is -4.37. The van der Waals surface area contributed by atoms with Gasteiger partial charge in [-0.3, -0.25) is 13.9 Å². The lowest BCUT2D eigenvalue weighted by Crippen LogP contribution is -2.56. The smallest absolute Gasteiger partial charge is 0.264 e. The van der Waals surface area contributed by atoms with Gasteiger partial charge in [0.25, 0.3) is 10.0 Å². The van der Waals surface area contributed by atoms with Crippen molar-refractivity contribution in [1.82, 2.24) is 10.2 Å². The number of methoxy groups -OCH3 is 1. The molecule has 0 fully saturated rings. The number of carbonyl (C=O) groups excluding carboxylic acids is 2. The van der Waals surface area contributed by atoms with Gasteiger partial charge in [-0.05, 0) is 81.3 Å². The first kappa shape index (κ1) is 37.1. The van der Waals surface area contributed by atoms with Crippen molar-refractivity contribution in [3.8, 4) is 5.75 Å². The molecule has 0 aliphatic rings. The number of sulfonamides is 1. The number of nitrogens with zero attached hydrogens (tertiary/aromatic N) is 2. The number of ether oxygens (including phenoxy) is 1. The van der Waals surface area contributed by atoms with Gasteiger partial charge in [0.15, 0.2) is 0 Å². The summed E-state index contributed by atoms with van der Waals surface area (Å²) >= 11 is 19.1. The van der Waals surface area contributed by atoms with E-state index in [9.17, 15) is 18.0 Å². The van der Waals surface area contributed by atoms with Gasteiger partial charge in [-0.1, -0.05) is 88.9 Å². The molecule has 0 saturated heterocycles. The Bertz CT molecular complexity index is 1860. The lowest BCUT2D eigenvalue weighted by molar-refractivity contribution is -0.140. The van der Waals surface area contributed by atoms with Crippen LogP contribution in [0.5, 0.6) is 5.75 Å². The number of aryl methyl sites for hydroxylation is 1. The summed E-state index contributed by atoms with van der Waals surface area (Å²) in [5.74, 6) is -0.900. The van der Waals surface area contributed by atoms with Crippen molar-refractivity contribution < 1.29 is 22.7 Å². The molecular formula is C36H38Cl3N3O5S. The van der Waals surface area contributed by atoms with Crippen molar-refractivity contribution in [2.24, 2.45) is 0 Å². The zero-order valence-corrected chi connectivity index (χ0v) is 30.4. The number of hydrogen-bond donors (Lipinski definition) is 1. The van der Waals surface area contributed by atoms with E-state index in [1.54, 1.807) is 36.4 Å². The fraction of sp³-hybridized carbons (Fsp3) is 0.278. The summed E-state index contributed by atoms with van der Waals surface area (Å²) in [5, 5.41) is 3.92. The van der Waals surface area contributed by atoms with Crippen LogP contribution in [0.25, 0.3) is 0 Å². The number of hydrogen-bond acceptors (Lipinski definition) is 5. The molecular weight excluding hydrogens is 693 g/mol. The van der Waals surface area contributed by atoms with Crippen LogP contribution in [0, 0.1) is 6.92 Å². The first-order valence-corrected chi connectivity index (χ1v) is 17.7. The Kier molecular flexibility index (Phi) is 12.1. The SMILES string of the molecule is COc1ccc(Cl)cc1N(CC(=O)N(Cc1ccc(Cl)cc1Cl)[C@@H](Cc1ccccc1)C(=O)NC(C)(C)C)S(=O)(=O)c1ccc(C)cc1. The molecule has 0 unspecified atom stereocenters. The highest BCUT2D eigenvalue weighted by atomic mass is 35.5. The quantitative estimate of drug-likeness (QED) is 0.161. The van der Waals surface area contributed by atoms with Gasteiger partial charge in [0.05, 0.1) is 17.7 Å². The Morgan fingerprint density at radius 1 is 0.875 bits per heavy atom. The molecule has 48 heavy (non-hydrogen) atoms. The molecule has 1 N–H and O–H groups in total. The highest BCUT2D eigenvalue weighted by Gasteiger charge is 2.36. The number of halogens is 3. The first-order chi connectivity index (χ1) is 22.6. The first-order valence-electron chi connectivity index (χ1n) is 15.1. The third-order valence-corrected chi connectivity index (χ3v) is 10.0. The van der Waals surface area contributed by atoms with Crippen molar-refractivity contribution in [3.63, 3.8) is 0 Å². The summed E-state index contributed by atoms with van der Waals surface area (Å²) in [6, 6.07) is 23.9. The van der Waals surface area contributed by atoms with Gasteiger partial charge in [0.2, 0.25) is 11.8 Å². The van der Waals surface area contributed by atoms with Crippen LogP contribution in [-0.4, -0.2) is 50.4 Å². The van der Waals surface area contributed by atoms with E-state index in [0.717, 1.165) is 15.4 Å². The topological polar surface area (TPSA) is 96.0 Å². The maximum atomic E-state index is 14.7. The zero-order valence-electron chi connectivity index (χ0n) is 27.3. The molecule has 0 saturated carbocycles. The third kappa shape index (κ3) is 9.44. The highest BCUT2D eigenvalue weighted by molar-refractivity contribution is 7.92. The van der Waals surface area contributed by atoms with E-state index < -0.39 is 40.0 Å². The van der Waals surface area contributed by atoms with Gasteiger partial charge >= 0.3 is 0 Å². The van der Waals surface area contributed by atoms with Crippen LogP contribution >= 0.6 is 34.8 Å². The second kappa shape index (κ2) is 15.6. The summed E-state index contributed by atoms with van der Waals surface area (Å²) in [4.78, 5) is 30.1. The molecule has 0 heterocycles. The third-order valence-electron chi connectivity index (χ3n) is 7.42. The van der Waals surface area contributed by atoms with Crippen molar-refractivity contribution in [1.29, 1.82) is 0 Å². The minimum absolute atomic E-state index is 0.0402. The van der Waals surface area contributed by atoms with E-state index in [-0.39, 0.29) is 39.3 Å². The minimum Gasteiger partial charge on any atom is -0.495 e. The molecule has 0 spiro atoms. The van der Waals surface area contributed by atoms with Crippen LogP contribution in [0.3, 0.4) is 0 Å². The molecule has 254 valence electrons. The van der Waals surface area contributed by atoms with Crippen LogP contribution in [0.4, 0.5) is 5.69 Å². The number of anilines is 1. The summed E-state index contributed by atoms with van der Waals surface area (Å²) in [6.45, 7) is 6.56. The Hall–Kier alpha value is -3.76. The molecule has 4 rings (SSSR count). The Balaban J connectivity index is 1.89. The highest BCUT2D eigenvalue weighted by Crippen LogP contribution is 2.35. The molecule has 0 aliphatic carbocycles. The predicted molar refractivity (Wildman–Crippen MR) is 193 cm³/mol. The molecule has 0 aromatic heterocycles. The summed E-state index contributed by atoms with van der Waals surface area (Å²) in [6.07, 6.45) is 0.144. The summed E-state index contributed by atoms with van der Waals surface area (Å²) in [5.41, 5.74) is 1.60. The van der Waals surface area contributed by atoms with Crippen molar-refractivity contribution >= 4 is 62.3 Å². The molecule has 0 aliphatic heterocycles. The van der Waals surface area contributed by atoms with Crippen LogP contribution in [0.2, 0.25) is 15.1 Å². The molecule has 2 amide bonds.